The number of anilines is 1. The molecule has 1 aromatic rings. The first-order chi connectivity index (χ1) is 8.63. The molecule has 2 rings (SSSR count). The minimum Gasteiger partial charge on any atom is -0.467 e. The van der Waals surface area contributed by atoms with Crippen molar-refractivity contribution in [1.82, 2.24) is 0 Å². The van der Waals surface area contributed by atoms with Crippen LogP contribution >= 0.6 is 0 Å². The van der Waals surface area contributed by atoms with Gasteiger partial charge < -0.3 is 4.74 Å². The van der Waals surface area contributed by atoms with Crippen molar-refractivity contribution < 1.29 is 14.3 Å². The van der Waals surface area contributed by atoms with Gasteiger partial charge in [-0.15, -0.1) is 0 Å². The molecule has 4 nitrogen and oxygen atoms in total. The maximum atomic E-state index is 12.1. The first-order valence-corrected chi connectivity index (χ1v) is 6.10. The van der Waals surface area contributed by atoms with E-state index in [1.54, 1.807) is 4.90 Å². The second kappa shape index (κ2) is 5.21. The number of piperidine rings is 1. The Morgan fingerprint density at radius 1 is 1.44 bits per heavy atom. The van der Waals surface area contributed by atoms with E-state index in [0.717, 1.165) is 17.7 Å². The summed E-state index contributed by atoms with van der Waals surface area (Å²) in [6.07, 6.45) is 1.88. The number of aryl methyl sites for hydroxylation is 1. The van der Waals surface area contributed by atoms with Crippen LogP contribution in [0.15, 0.2) is 24.3 Å². The molecule has 1 amide bonds. The summed E-state index contributed by atoms with van der Waals surface area (Å²) in [6.45, 7) is 1.96. The fraction of sp³-hybridized carbons (Fsp3) is 0.429. The number of rotatable bonds is 2. The molecule has 96 valence electrons. The Labute approximate surface area is 107 Å². The molecule has 1 aliphatic heterocycles. The van der Waals surface area contributed by atoms with Gasteiger partial charge in [-0.25, -0.2) is 4.79 Å². The average molecular weight is 247 g/mol. The number of amides is 1. The van der Waals surface area contributed by atoms with E-state index in [-0.39, 0.29) is 11.9 Å². The molecule has 1 fully saturated rings. The van der Waals surface area contributed by atoms with E-state index < -0.39 is 6.04 Å². The Kier molecular flexibility index (Phi) is 3.65. The third-order valence-electron chi connectivity index (χ3n) is 3.20. The van der Waals surface area contributed by atoms with E-state index in [2.05, 4.69) is 0 Å². The molecule has 0 spiro atoms. The van der Waals surface area contributed by atoms with E-state index >= 15 is 0 Å². The van der Waals surface area contributed by atoms with Gasteiger partial charge in [0, 0.05) is 12.1 Å². The van der Waals surface area contributed by atoms with Gasteiger partial charge in [-0.05, 0) is 37.5 Å². The Hall–Kier alpha value is -1.84. The smallest absolute Gasteiger partial charge is 0.328 e. The maximum absolute atomic E-state index is 12.1. The van der Waals surface area contributed by atoms with Gasteiger partial charge in [0.1, 0.15) is 6.04 Å². The topological polar surface area (TPSA) is 46.6 Å². The van der Waals surface area contributed by atoms with Crippen LogP contribution < -0.4 is 4.90 Å². The molecule has 1 aliphatic rings. The molecule has 0 N–H and O–H groups in total. The zero-order chi connectivity index (χ0) is 13.1. The van der Waals surface area contributed by atoms with Crippen LogP contribution in [0.3, 0.4) is 0 Å². The molecule has 0 radical (unpaired) electrons. The van der Waals surface area contributed by atoms with Crippen LogP contribution in [0.25, 0.3) is 0 Å². The molecule has 18 heavy (non-hydrogen) atoms. The average Bonchev–Trinajstić information content (AvgIpc) is 2.37. The lowest BCUT2D eigenvalue weighted by atomic mass is 10.00. The van der Waals surface area contributed by atoms with Gasteiger partial charge in [0.2, 0.25) is 5.91 Å². The zero-order valence-electron chi connectivity index (χ0n) is 10.7. The maximum Gasteiger partial charge on any atom is 0.328 e. The Morgan fingerprint density at radius 2 is 2.22 bits per heavy atom. The summed E-state index contributed by atoms with van der Waals surface area (Å²) in [5.41, 5.74) is 1.84. The molecule has 0 saturated carbocycles. The lowest BCUT2D eigenvalue weighted by molar-refractivity contribution is -0.144. The van der Waals surface area contributed by atoms with E-state index in [4.69, 9.17) is 4.74 Å². The summed E-state index contributed by atoms with van der Waals surface area (Å²) in [5, 5.41) is 0. The molecule has 1 unspecified atom stereocenters. The van der Waals surface area contributed by atoms with Gasteiger partial charge in [0.15, 0.2) is 0 Å². The number of ether oxygens (including phenoxy) is 1. The second-order valence-electron chi connectivity index (χ2n) is 4.53. The number of carbonyl (C=O) groups excluding carboxylic acids is 2. The van der Waals surface area contributed by atoms with Gasteiger partial charge in [-0.3, -0.25) is 9.69 Å². The van der Waals surface area contributed by atoms with E-state index in [0.29, 0.717) is 12.8 Å². The van der Waals surface area contributed by atoms with Gasteiger partial charge in [0.05, 0.1) is 7.11 Å². The first-order valence-electron chi connectivity index (χ1n) is 6.10. The van der Waals surface area contributed by atoms with Crippen LogP contribution in [0.5, 0.6) is 0 Å². The highest BCUT2D eigenvalue weighted by Gasteiger charge is 2.34. The van der Waals surface area contributed by atoms with Gasteiger partial charge >= 0.3 is 5.97 Å². The largest absolute Gasteiger partial charge is 0.467 e. The molecule has 1 atom stereocenters. The third-order valence-corrected chi connectivity index (χ3v) is 3.20. The second-order valence-corrected chi connectivity index (χ2v) is 4.53. The van der Waals surface area contributed by atoms with Crippen LogP contribution in [-0.4, -0.2) is 25.0 Å². The number of esters is 1. The van der Waals surface area contributed by atoms with Crippen molar-refractivity contribution in [3.63, 3.8) is 0 Å². The van der Waals surface area contributed by atoms with Crippen molar-refractivity contribution in [2.45, 2.75) is 32.2 Å². The summed E-state index contributed by atoms with van der Waals surface area (Å²) in [6, 6.07) is 7.13. The first kappa shape index (κ1) is 12.6. The fourth-order valence-corrected chi connectivity index (χ4v) is 2.33. The number of benzene rings is 1. The summed E-state index contributed by atoms with van der Waals surface area (Å²) < 4.78 is 4.79. The van der Waals surface area contributed by atoms with Crippen molar-refractivity contribution in [3.8, 4) is 0 Å². The molecule has 1 aromatic carbocycles. The highest BCUT2D eigenvalue weighted by molar-refractivity contribution is 6.00. The molecule has 0 bridgehead atoms. The van der Waals surface area contributed by atoms with Crippen molar-refractivity contribution in [2.24, 2.45) is 0 Å². The quantitative estimate of drug-likeness (QED) is 0.751. The number of carbonyl (C=O) groups is 2. The van der Waals surface area contributed by atoms with Crippen LogP contribution in [0.4, 0.5) is 5.69 Å². The number of hydrogen-bond donors (Lipinski definition) is 0. The zero-order valence-corrected chi connectivity index (χ0v) is 10.7. The predicted octanol–water partition coefficient (Wildman–Crippen LogP) is 2.05. The monoisotopic (exact) mass is 247 g/mol. The predicted molar refractivity (Wildman–Crippen MR) is 68.3 cm³/mol. The summed E-state index contributed by atoms with van der Waals surface area (Å²) >= 11 is 0. The SMILES string of the molecule is COC(=O)C1CCCC(=O)N1c1cccc(C)c1. The lowest BCUT2D eigenvalue weighted by Gasteiger charge is -2.33. The Morgan fingerprint density at radius 3 is 2.89 bits per heavy atom. The van der Waals surface area contributed by atoms with Crippen molar-refractivity contribution in [3.05, 3.63) is 29.8 Å². The van der Waals surface area contributed by atoms with Crippen LogP contribution in [-0.2, 0) is 14.3 Å². The minimum atomic E-state index is -0.488. The molecule has 0 aromatic heterocycles. The number of methoxy groups -OCH3 is 1. The fourth-order valence-electron chi connectivity index (χ4n) is 2.33. The molecule has 1 heterocycles. The van der Waals surface area contributed by atoms with Crippen molar-refractivity contribution in [2.75, 3.05) is 12.0 Å². The molecule has 0 aliphatic carbocycles. The third kappa shape index (κ3) is 2.37. The Balaban J connectivity index is 2.36. The van der Waals surface area contributed by atoms with Gasteiger partial charge in [-0.2, -0.15) is 0 Å². The van der Waals surface area contributed by atoms with Crippen molar-refractivity contribution in [1.29, 1.82) is 0 Å². The van der Waals surface area contributed by atoms with Crippen molar-refractivity contribution >= 4 is 17.6 Å². The van der Waals surface area contributed by atoms with Crippen LogP contribution in [0.2, 0.25) is 0 Å². The minimum absolute atomic E-state index is 0.0118. The standard InChI is InChI=1S/C14H17NO3/c1-10-5-3-6-11(9-10)15-12(14(17)18-2)7-4-8-13(15)16/h3,5-6,9,12H,4,7-8H2,1-2H3. The summed E-state index contributed by atoms with van der Waals surface area (Å²) in [5.74, 6) is -0.355. The van der Waals surface area contributed by atoms with Gasteiger partial charge in [-0.1, -0.05) is 12.1 Å². The Bertz CT molecular complexity index is 470. The van der Waals surface area contributed by atoms with E-state index in [9.17, 15) is 9.59 Å². The van der Waals surface area contributed by atoms with Crippen LogP contribution in [0.1, 0.15) is 24.8 Å². The normalized spacial score (nSPS) is 19.8. The summed E-state index contributed by atoms with van der Waals surface area (Å²) in [4.78, 5) is 25.4. The summed E-state index contributed by atoms with van der Waals surface area (Å²) in [7, 11) is 1.36. The molecule has 1 saturated heterocycles. The number of hydrogen-bond acceptors (Lipinski definition) is 3. The molecular formula is C14H17NO3. The number of nitrogens with zero attached hydrogens (tertiary/aromatic N) is 1. The highest BCUT2D eigenvalue weighted by Crippen LogP contribution is 2.27. The van der Waals surface area contributed by atoms with Crippen LogP contribution in [0, 0.1) is 6.92 Å². The molecular weight excluding hydrogens is 230 g/mol. The van der Waals surface area contributed by atoms with E-state index in [1.165, 1.54) is 7.11 Å². The van der Waals surface area contributed by atoms with Gasteiger partial charge in [0.25, 0.3) is 0 Å². The highest BCUT2D eigenvalue weighted by atomic mass is 16.5. The lowest BCUT2D eigenvalue weighted by Crippen LogP contribution is -2.48. The molecule has 4 heteroatoms. The van der Waals surface area contributed by atoms with E-state index in [1.807, 2.05) is 31.2 Å².